The second-order valence-corrected chi connectivity index (χ2v) is 4.13. The van der Waals surface area contributed by atoms with Gasteiger partial charge in [0.2, 0.25) is 5.82 Å². The summed E-state index contributed by atoms with van der Waals surface area (Å²) in [7, 11) is 0. The fourth-order valence-electron chi connectivity index (χ4n) is 1.49. The summed E-state index contributed by atoms with van der Waals surface area (Å²) in [5, 5.41) is 18.0. The largest absolute Gasteiger partial charge is 0.467 e. The van der Waals surface area contributed by atoms with Gasteiger partial charge in [0.1, 0.15) is 12.0 Å². The lowest BCUT2D eigenvalue weighted by Gasteiger charge is -2.03. The second kappa shape index (κ2) is 4.91. The molecule has 1 N–H and O–H groups in total. The van der Waals surface area contributed by atoms with E-state index < -0.39 is 4.92 Å². The number of nitrogens with zero attached hydrogens (tertiary/aromatic N) is 3. The van der Waals surface area contributed by atoms with Crippen molar-refractivity contribution in [3.05, 3.63) is 40.5 Å². The van der Waals surface area contributed by atoms with Crippen LogP contribution in [0.1, 0.15) is 25.6 Å². The summed E-state index contributed by atoms with van der Waals surface area (Å²) in [6.07, 6.45) is 2.98. The summed E-state index contributed by atoms with van der Waals surface area (Å²) in [4.78, 5) is 10.5. The highest BCUT2D eigenvalue weighted by atomic mass is 16.6. The summed E-state index contributed by atoms with van der Waals surface area (Å²) in [6.45, 7) is 4.18. The van der Waals surface area contributed by atoms with E-state index in [9.17, 15) is 10.1 Å². The first-order chi connectivity index (χ1) is 8.58. The summed E-state index contributed by atoms with van der Waals surface area (Å²) in [6, 6.07) is 3.62. The van der Waals surface area contributed by atoms with Crippen LogP contribution in [0.25, 0.3) is 0 Å². The predicted molar refractivity (Wildman–Crippen MR) is 65.3 cm³/mol. The Labute approximate surface area is 104 Å². The lowest BCUT2D eigenvalue weighted by Crippen LogP contribution is -2.04. The van der Waals surface area contributed by atoms with Crippen LogP contribution in [-0.2, 0) is 6.54 Å². The minimum atomic E-state index is -0.448. The Kier molecular flexibility index (Phi) is 3.31. The molecule has 0 atom stereocenters. The lowest BCUT2D eigenvalue weighted by molar-refractivity contribution is -0.384. The fourth-order valence-corrected chi connectivity index (χ4v) is 1.49. The highest BCUT2D eigenvalue weighted by Gasteiger charge is 2.20. The Hall–Kier alpha value is -2.31. The molecule has 7 heteroatoms. The molecule has 0 spiro atoms. The second-order valence-electron chi connectivity index (χ2n) is 4.13. The number of hydrogen-bond acceptors (Lipinski definition) is 5. The average Bonchev–Trinajstić information content (AvgIpc) is 2.95. The van der Waals surface area contributed by atoms with Gasteiger partial charge in [0, 0.05) is 6.04 Å². The van der Waals surface area contributed by atoms with E-state index in [1.165, 1.54) is 6.20 Å². The van der Waals surface area contributed by atoms with Gasteiger partial charge in [-0.25, -0.2) is 0 Å². The first-order valence-electron chi connectivity index (χ1n) is 5.57. The molecule has 2 aromatic rings. The summed E-state index contributed by atoms with van der Waals surface area (Å²) in [5.41, 5.74) is -0.0322. The molecule has 2 heterocycles. The van der Waals surface area contributed by atoms with Crippen molar-refractivity contribution in [2.24, 2.45) is 0 Å². The molecule has 2 aromatic heterocycles. The molecule has 0 saturated heterocycles. The van der Waals surface area contributed by atoms with Crippen molar-refractivity contribution in [2.45, 2.75) is 26.4 Å². The van der Waals surface area contributed by atoms with E-state index in [0.717, 1.165) is 0 Å². The van der Waals surface area contributed by atoms with Gasteiger partial charge in [-0.3, -0.25) is 14.8 Å². The third-order valence-corrected chi connectivity index (χ3v) is 2.45. The first-order valence-corrected chi connectivity index (χ1v) is 5.57. The number of anilines is 1. The standard InChI is InChI=1S/C11H14N4O3/c1-8(2)14-7-10(15(16)17)11(13-14)12-6-9-4-3-5-18-9/h3-5,7-8H,6H2,1-2H3,(H,12,13). The molecule has 2 rings (SSSR count). The molecule has 7 nitrogen and oxygen atoms in total. The molecule has 0 aliphatic carbocycles. The van der Waals surface area contributed by atoms with Gasteiger partial charge in [-0.05, 0) is 26.0 Å². The number of rotatable bonds is 5. The Bertz CT molecular complexity index is 530. The number of nitrogens with one attached hydrogen (secondary N) is 1. The predicted octanol–water partition coefficient (Wildman–Crippen LogP) is 2.58. The summed E-state index contributed by atoms with van der Waals surface area (Å²) in [5.74, 6) is 0.952. The SMILES string of the molecule is CC(C)n1cc([N+](=O)[O-])c(NCc2ccco2)n1. The highest BCUT2D eigenvalue weighted by molar-refractivity contribution is 5.54. The van der Waals surface area contributed by atoms with Crippen LogP contribution in [0.4, 0.5) is 11.5 Å². The maximum atomic E-state index is 10.9. The smallest absolute Gasteiger partial charge is 0.330 e. The maximum absolute atomic E-state index is 10.9. The monoisotopic (exact) mass is 250 g/mol. The third kappa shape index (κ3) is 2.50. The molecule has 18 heavy (non-hydrogen) atoms. The Morgan fingerprint density at radius 1 is 1.61 bits per heavy atom. The van der Waals surface area contributed by atoms with E-state index in [1.54, 1.807) is 23.1 Å². The molecule has 0 bridgehead atoms. The van der Waals surface area contributed by atoms with Crippen molar-refractivity contribution in [3.63, 3.8) is 0 Å². The average molecular weight is 250 g/mol. The molecule has 0 amide bonds. The number of furan rings is 1. The third-order valence-electron chi connectivity index (χ3n) is 2.45. The van der Waals surface area contributed by atoms with Crippen LogP contribution in [0.2, 0.25) is 0 Å². The van der Waals surface area contributed by atoms with Gasteiger partial charge in [0.25, 0.3) is 0 Å². The van der Waals surface area contributed by atoms with Gasteiger partial charge in [-0.2, -0.15) is 0 Å². The van der Waals surface area contributed by atoms with E-state index in [-0.39, 0.29) is 17.5 Å². The van der Waals surface area contributed by atoms with Crippen LogP contribution >= 0.6 is 0 Å². The fraction of sp³-hybridized carbons (Fsp3) is 0.364. The zero-order valence-electron chi connectivity index (χ0n) is 10.2. The van der Waals surface area contributed by atoms with E-state index in [0.29, 0.717) is 12.3 Å². The van der Waals surface area contributed by atoms with Crippen LogP contribution in [0, 0.1) is 10.1 Å². The van der Waals surface area contributed by atoms with E-state index in [2.05, 4.69) is 10.4 Å². The Morgan fingerprint density at radius 3 is 2.94 bits per heavy atom. The van der Waals surface area contributed by atoms with Crippen LogP contribution in [0.5, 0.6) is 0 Å². The summed E-state index contributed by atoms with van der Waals surface area (Å²) >= 11 is 0. The molecule has 0 aliphatic heterocycles. The van der Waals surface area contributed by atoms with Gasteiger partial charge < -0.3 is 9.73 Å². The molecule has 0 fully saturated rings. The first kappa shape index (κ1) is 12.2. The minimum absolute atomic E-state index is 0.0322. The molecule has 96 valence electrons. The van der Waals surface area contributed by atoms with Crippen molar-refractivity contribution >= 4 is 11.5 Å². The topological polar surface area (TPSA) is 86.1 Å². The van der Waals surface area contributed by atoms with Crippen LogP contribution in [0.3, 0.4) is 0 Å². The quantitative estimate of drug-likeness (QED) is 0.651. The zero-order valence-corrected chi connectivity index (χ0v) is 10.2. The zero-order chi connectivity index (χ0) is 13.1. The van der Waals surface area contributed by atoms with Crippen molar-refractivity contribution in [1.29, 1.82) is 0 Å². The molecule has 0 aliphatic rings. The Morgan fingerprint density at radius 2 is 2.39 bits per heavy atom. The van der Waals surface area contributed by atoms with Crippen molar-refractivity contribution < 1.29 is 9.34 Å². The molecule has 0 aromatic carbocycles. The van der Waals surface area contributed by atoms with Gasteiger partial charge in [0.05, 0.1) is 17.7 Å². The van der Waals surface area contributed by atoms with Crippen molar-refractivity contribution in [1.82, 2.24) is 9.78 Å². The molecule has 0 radical (unpaired) electrons. The van der Waals surface area contributed by atoms with Gasteiger partial charge >= 0.3 is 5.69 Å². The normalized spacial score (nSPS) is 10.8. The number of hydrogen-bond donors (Lipinski definition) is 1. The highest BCUT2D eigenvalue weighted by Crippen LogP contribution is 2.24. The van der Waals surface area contributed by atoms with Crippen LogP contribution in [-0.4, -0.2) is 14.7 Å². The minimum Gasteiger partial charge on any atom is -0.467 e. The Balaban J connectivity index is 2.17. The van der Waals surface area contributed by atoms with E-state index in [1.807, 2.05) is 13.8 Å². The number of aromatic nitrogens is 2. The molecule has 0 saturated carbocycles. The van der Waals surface area contributed by atoms with E-state index in [4.69, 9.17) is 4.42 Å². The number of nitro groups is 1. The maximum Gasteiger partial charge on any atom is 0.330 e. The summed E-state index contributed by atoms with van der Waals surface area (Å²) < 4.78 is 6.70. The van der Waals surface area contributed by atoms with Gasteiger partial charge in [-0.15, -0.1) is 5.10 Å². The van der Waals surface area contributed by atoms with Crippen LogP contribution in [0.15, 0.2) is 29.0 Å². The molecular weight excluding hydrogens is 236 g/mol. The lowest BCUT2D eigenvalue weighted by atomic mass is 10.4. The van der Waals surface area contributed by atoms with Gasteiger partial charge in [0.15, 0.2) is 0 Å². The molecular formula is C11H14N4O3. The van der Waals surface area contributed by atoms with Gasteiger partial charge in [-0.1, -0.05) is 0 Å². The van der Waals surface area contributed by atoms with Crippen molar-refractivity contribution in [2.75, 3.05) is 5.32 Å². The van der Waals surface area contributed by atoms with Crippen molar-refractivity contribution in [3.8, 4) is 0 Å². The van der Waals surface area contributed by atoms with E-state index >= 15 is 0 Å². The molecule has 0 unspecified atom stereocenters. The van der Waals surface area contributed by atoms with Crippen LogP contribution < -0.4 is 5.32 Å².